The van der Waals surface area contributed by atoms with Gasteiger partial charge in [0.15, 0.2) is 5.78 Å². The summed E-state index contributed by atoms with van der Waals surface area (Å²) < 4.78 is 37.4. The van der Waals surface area contributed by atoms with E-state index in [0.29, 0.717) is 0 Å². The third-order valence-corrected chi connectivity index (χ3v) is 1.86. The average Bonchev–Trinajstić information content (AvgIpc) is 2.17. The number of hydrogen-bond donors (Lipinski definition) is 0. The molecular weight excluding hydrogens is 205 g/mol. The maximum atomic E-state index is 12.5. The molecule has 15 heavy (non-hydrogen) atoms. The van der Waals surface area contributed by atoms with Crippen molar-refractivity contribution in [3.8, 4) is 0 Å². The van der Waals surface area contributed by atoms with Crippen molar-refractivity contribution in [2.75, 3.05) is 0 Å². The molecule has 4 heteroatoms. The van der Waals surface area contributed by atoms with E-state index in [9.17, 15) is 18.0 Å². The Labute approximate surface area is 85.2 Å². The number of ketones is 1. The van der Waals surface area contributed by atoms with Gasteiger partial charge in [-0.25, -0.2) is 0 Å². The Bertz CT molecular complexity index is 380. The molecule has 0 fully saturated rings. The lowest BCUT2D eigenvalue weighted by Gasteiger charge is -2.10. The summed E-state index contributed by atoms with van der Waals surface area (Å²) in [6, 6.07) is 4.74. The van der Waals surface area contributed by atoms with Crippen LogP contribution in [0.4, 0.5) is 13.2 Å². The zero-order valence-electron chi connectivity index (χ0n) is 7.84. The Kier molecular flexibility index (Phi) is 3.29. The molecule has 0 saturated heterocycles. The van der Waals surface area contributed by atoms with Gasteiger partial charge in [-0.05, 0) is 6.07 Å². The van der Waals surface area contributed by atoms with Gasteiger partial charge in [0.25, 0.3) is 0 Å². The van der Waals surface area contributed by atoms with Crippen molar-refractivity contribution >= 4 is 5.78 Å². The van der Waals surface area contributed by atoms with Crippen LogP contribution in [0, 0.1) is 0 Å². The fourth-order valence-electron chi connectivity index (χ4n) is 1.21. The van der Waals surface area contributed by atoms with Crippen LogP contribution in [0.15, 0.2) is 36.9 Å². The van der Waals surface area contributed by atoms with Gasteiger partial charge in [-0.2, -0.15) is 13.2 Å². The maximum Gasteiger partial charge on any atom is 0.417 e. The van der Waals surface area contributed by atoms with Gasteiger partial charge in [0, 0.05) is 12.0 Å². The van der Waals surface area contributed by atoms with Crippen molar-refractivity contribution in [3.63, 3.8) is 0 Å². The standard InChI is InChI=1S/C11H9F3O/c1-2-5-10(15)8-6-3-4-7-9(8)11(12,13)14/h2-4,6-7H,1,5H2. The maximum absolute atomic E-state index is 12.5. The van der Waals surface area contributed by atoms with Crippen LogP contribution in [0.3, 0.4) is 0 Å². The predicted octanol–water partition coefficient (Wildman–Crippen LogP) is 3.46. The predicted molar refractivity (Wildman–Crippen MR) is 50.6 cm³/mol. The lowest BCUT2D eigenvalue weighted by molar-refractivity contribution is -0.137. The smallest absolute Gasteiger partial charge is 0.294 e. The summed E-state index contributed by atoms with van der Waals surface area (Å²) in [7, 11) is 0. The lowest BCUT2D eigenvalue weighted by atomic mass is 10.0. The van der Waals surface area contributed by atoms with Crippen LogP contribution in [0.25, 0.3) is 0 Å². The summed E-state index contributed by atoms with van der Waals surface area (Å²) in [6.45, 7) is 3.32. The number of rotatable bonds is 3. The van der Waals surface area contributed by atoms with Crippen LogP contribution >= 0.6 is 0 Å². The molecule has 0 bridgehead atoms. The van der Waals surface area contributed by atoms with Crippen LogP contribution in [0.1, 0.15) is 22.3 Å². The molecule has 1 aromatic rings. The quantitative estimate of drug-likeness (QED) is 0.556. The Balaban J connectivity index is 3.18. The fraction of sp³-hybridized carbons (Fsp3) is 0.182. The fourth-order valence-corrected chi connectivity index (χ4v) is 1.21. The van der Waals surface area contributed by atoms with E-state index in [1.807, 2.05) is 0 Å². The van der Waals surface area contributed by atoms with E-state index in [1.54, 1.807) is 0 Å². The molecule has 0 heterocycles. The molecule has 0 aliphatic rings. The monoisotopic (exact) mass is 214 g/mol. The Morgan fingerprint density at radius 3 is 2.47 bits per heavy atom. The second-order valence-corrected chi connectivity index (χ2v) is 2.96. The topological polar surface area (TPSA) is 17.1 Å². The summed E-state index contributed by atoms with van der Waals surface area (Å²) in [6.07, 6.45) is -3.30. The van der Waals surface area contributed by atoms with Crippen molar-refractivity contribution in [3.05, 3.63) is 48.0 Å². The van der Waals surface area contributed by atoms with Gasteiger partial charge in [0.1, 0.15) is 0 Å². The van der Waals surface area contributed by atoms with E-state index in [-0.39, 0.29) is 12.0 Å². The molecule has 1 aromatic carbocycles. The van der Waals surface area contributed by atoms with Gasteiger partial charge in [-0.15, -0.1) is 6.58 Å². The zero-order valence-corrected chi connectivity index (χ0v) is 7.84. The highest BCUT2D eigenvalue weighted by Crippen LogP contribution is 2.32. The van der Waals surface area contributed by atoms with E-state index in [0.717, 1.165) is 6.07 Å². The van der Waals surface area contributed by atoms with Crippen molar-refractivity contribution in [1.82, 2.24) is 0 Å². The highest BCUT2D eigenvalue weighted by atomic mass is 19.4. The average molecular weight is 214 g/mol. The molecule has 0 spiro atoms. The van der Waals surface area contributed by atoms with Crippen molar-refractivity contribution in [2.24, 2.45) is 0 Å². The number of benzene rings is 1. The first kappa shape index (κ1) is 11.5. The summed E-state index contributed by atoms with van der Waals surface area (Å²) in [4.78, 5) is 11.3. The van der Waals surface area contributed by atoms with Crippen molar-refractivity contribution in [2.45, 2.75) is 12.6 Å². The molecule has 80 valence electrons. The number of carbonyl (C=O) groups excluding carboxylic acids is 1. The molecule has 0 saturated carbocycles. The highest BCUT2D eigenvalue weighted by molar-refractivity contribution is 5.98. The zero-order chi connectivity index (χ0) is 11.5. The molecule has 0 N–H and O–H groups in total. The van der Waals surface area contributed by atoms with Gasteiger partial charge in [0.05, 0.1) is 5.56 Å². The van der Waals surface area contributed by atoms with Crippen LogP contribution in [-0.2, 0) is 6.18 Å². The number of carbonyl (C=O) groups is 1. The molecule has 0 unspecified atom stereocenters. The molecule has 0 atom stereocenters. The van der Waals surface area contributed by atoms with E-state index >= 15 is 0 Å². The molecule has 1 rings (SSSR count). The minimum atomic E-state index is -4.49. The lowest BCUT2D eigenvalue weighted by Crippen LogP contribution is -2.12. The number of halogens is 3. The third-order valence-electron chi connectivity index (χ3n) is 1.86. The van der Waals surface area contributed by atoms with Gasteiger partial charge in [-0.1, -0.05) is 24.3 Å². The Morgan fingerprint density at radius 1 is 1.33 bits per heavy atom. The normalized spacial score (nSPS) is 11.1. The van der Waals surface area contributed by atoms with E-state index in [1.165, 1.54) is 24.3 Å². The Hall–Kier alpha value is -1.58. The van der Waals surface area contributed by atoms with Crippen LogP contribution in [-0.4, -0.2) is 5.78 Å². The van der Waals surface area contributed by atoms with Gasteiger partial charge in [0.2, 0.25) is 0 Å². The van der Waals surface area contributed by atoms with Gasteiger partial charge in [-0.3, -0.25) is 4.79 Å². The first-order chi connectivity index (χ1) is 6.96. The van der Waals surface area contributed by atoms with Crippen molar-refractivity contribution in [1.29, 1.82) is 0 Å². The van der Waals surface area contributed by atoms with Crippen molar-refractivity contribution < 1.29 is 18.0 Å². The van der Waals surface area contributed by atoms with E-state index < -0.39 is 17.5 Å². The summed E-state index contributed by atoms with van der Waals surface area (Å²) in [5.74, 6) is -0.571. The first-order valence-corrected chi connectivity index (χ1v) is 4.27. The number of alkyl halides is 3. The van der Waals surface area contributed by atoms with E-state index in [2.05, 4.69) is 6.58 Å². The molecule has 0 aliphatic heterocycles. The Morgan fingerprint density at radius 2 is 1.93 bits per heavy atom. The molecular formula is C11H9F3O. The second kappa shape index (κ2) is 4.29. The molecule has 0 aromatic heterocycles. The largest absolute Gasteiger partial charge is 0.417 e. The van der Waals surface area contributed by atoms with Gasteiger partial charge >= 0.3 is 6.18 Å². The number of allylic oxidation sites excluding steroid dienone is 1. The van der Waals surface area contributed by atoms with E-state index in [4.69, 9.17) is 0 Å². The molecule has 0 amide bonds. The number of Topliss-reactive ketones (excluding diaryl/α,β-unsaturated/α-hetero) is 1. The first-order valence-electron chi connectivity index (χ1n) is 4.27. The van der Waals surface area contributed by atoms with Crippen LogP contribution in [0.5, 0.6) is 0 Å². The molecule has 1 nitrogen and oxygen atoms in total. The molecule has 0 aliphatic carbocycles. The van der Waals surface area contributed by atoms with Crippen LogP contribution < -0.4 is 0 Å². The summed E-state index contributed by atoms with van der Waals surface area (Å²) in [5, 5.41) is 0. The highest BCUT2D eigenvalue weighted by Gasteiger charge is 2.34. The van der Waals surface area contributed by atoms with Gasteiger partial charge < -0.3 is 0 Å². The summed E-state index contributed by atoms with van der Waals surface area (Å²) in [5.41, 5.74) is -1.19. The second-order valence-electron chi connectivity index (χ2n) is 2.96. The van der Waals surface area contributed by atoms with Crippen LogP contribution in [0.2, 0.25) is 0 Å². The molecule has 0 radical (unpaired) electrons. The third kappa shape index (κ3) is 2.68. The number of hydrogen-bond acceptors (Lipinski definition) is 1. The SMILES string of the molecule is C=CCC(=O)c1ccccc1C(F)(F)F. The minimum absolute atomic E-state index is 0.0902. The summed E-state index contributed by atoms with van der Waals surface area (Å²) >= 11 is 0. The minimum Gasteiger partial charge on any atom is -0.294 e.